The third-order valence-corrected chi connectivity index (χ3v) is 3.27. The van der Waals surface area contributed by atoms with Gasteiger partial charge in [0.05, 0.1) is 0 Å². The van der Waals surface area contributed by atoms with E-state index in [0.29, 0.717) is 6.61 Å². The zero-order valence-electron chi connectivity index (χ0n) is 13.0. The van der Waals surface area contributed by atoms with Gasteiger partial charge < -0.3 is 9.64 Å². The number of likely N-dealkylation sites (N-methyl/N-ethyl adjacent to an activating group) is 1. The second-order valence-corrected chi connectivity index (χ2v) is 4.80. The summed E-state index contributed by atoms with van der Waals surface area (Å²) in [7, 11) is 0. The molecule has 0 aliphatic carbocycles. The number of carbonyl (C=O) groups is 1. The van der Waals surface area contributed by atoms with Crippen molar-refractivity contribution in [3.05, 3.63) is 12.2 Å². The topological polar surface area (TPSA) is 29.5 Å². The average molecular weight is 269 g/mol. The van der Waals surface area contributed by atoms with E-state index in [0.717, 1.165) is 26.1 Å². The van der Waals surface area contributed by atoms with E-state index in [1.807, 2.05) is 6.08 Å². The fraction of sp³-hybridized carbons (Fsp3) is 0.812. The summed E-state index contributed by atoms with van der Waals surface area (Å²) in [6.45, 7) is 9.76. The molecular formula is C16H31NO2. The highest BCUT2D eigenvalue weighted by molar-refractivity contribution is 5.81. The molecule has 0 saturated carbocycles. The highest BCUT2D eigenvalue weighted by atomic mass is 16.5. The summed E-state index contributed by atoms with van der Waals surface area (Å²) in [5.41, 5.74) is 0. The van der Waals surface area contributed by atoms with Crippen molar-refractivity contribution in [1.29, 1.82) is 0 Å². The molecule has 0 aliphatic rings. The minimum atomic E-state index is -0.208. The second kappa shape index (κ2) is 13.6. The van der Waals surface area contributed by atoms with E-state index in [2.05, 4.69) is 25.7 Å². The molecule has 0 amide bonds. The molecule has 0 N–H and O–H groups in total. The van der Waals surface area contributed by atoms with E-state index < -0.39 is 0 Å². The predicted molar refractivity (Wildman–Crippen MR) is 81.3 cm³/mol. The van der Waals surface area contributed by atoms with Crippen LogP contribution in [0, 0.1) is 0 Å². The molecular weight excluding hydrogens is 238 g/mol. The molecule has 3 heteroatoms. The van der Waals surface area contributed by atoms with Gasteiger partial charge in [-0.2, -0.15) is 0 Å². The molecule has 0 aromatic heterocycles. The van der Waals surface area contributed by atoms with Gasteiger partial charge in [-0.25, -0.2) is 4.79 Å². The summed E-state index contributed by atoms with van der Waals surface area (Å²) in [6, 6.07) is 0. The number of rotatable bonds is 12. The van der Waals surface area contributed by atoms with E-state index in [1.54, 1.807) is 6.08 Å². The molecule has 0 aromatic carbocycles. The largest absolute Gasteiger partial charge is 0.461 e. The van der Waals surface area contributed by atoms with Gasteiger partial charge in [0.15, 0.2) is 0 Å². The maximum atomic E-state index is 11.4. The normalized spacial score (nSPS) is 11.4. The first-order valence-corrected chi connectivity index (χ1v) is 7.80. The molecule has 0 saturated heterocycles. The van der Waals surface area contributed by atoms with Gasteiger partial charge in [0.25, 0.3) is 0 Å². The molecule has 0 fully saturated rings. The molecule has 19 heavy (non-hydrogen) atoms. The standard InChI is InChI=1S/C16H31NO2/c1-4-7-8-9-10-11-12-13-16(18)19-15-14-17(5-2)6-3/h12-13H,4-11,14-15H2,1-3H3. The predicted octanol–water partition coefficient (Wildman–Crippen LogP) is 3.79. The maximum Gasteiger partial charge on any atom is 0.330 e. The van der Waals surface area contributed by atoms with Crippen LogP contribution in [0.4, 0.5) is 0 Å². The number of hydrogen-bond donors (Lipinski definition) is 0. The van der Waals surface area contributed by atoms with Gasteiger partial charge in [-0.05, 0) is 25.9 Å². The number of allylic oxidation sites excluding steroid dienone is 1. The number of esters is 1. The number of carbonyl (C=O) groups excluding carboxylic acids is 1. The Morgan fingerprint density at radius 2 is 1.74 bits per heavy atom. The SMILES string of the molecule is CCCCCCCC=CC(=O)OCCN(CC)CC. The minimum Gasteiger partial charge on any atom is -0.461 e. The summed E-state index contributed by atoms with van der Waals surface area (Å²) in [4.78, 5) is 13.6. The molecule has 0 aliphatic heterocycles. The number of unbranched alkanes of at least 4 members (excludes halogenated alkanes) is 5. The first kappa shape index (κ1) is 18.2. The molecule has 0 radical (unpaired) electrons. The zero-order valence-corrected chi connectivity index (χ0v) is 13.0. The molecule has 0 unspecified atom stereocenters. The van der Waals surface area contributed by atoms with Gasteiger partial charge in [0, 0.05) is 12.6 Å². The lowest BCUT2D eigenvalue weighted by Gasteiger charge is -2.16. The van der Waals surface area contributed by atoms with Gasteiger partial charge >= 0.3 is 5.97 Å². The smallest absolute Gasteiger partial charge is 0.330 e. The van der Waals surface area contributed by atoms with E-state index in [1.165, 1.54) is 32.1 Å². The third-order valence-electron chi connectivity index (χ3n) is 3.27. The van der Waals surface area contributed by atoms with Crippen LogP contribution < -0.4 is 0 Å². The Hall–Kier alpha value is -0.830. The summed E-state index contributed by atoms with van der Waals surface area (Å²) in [6.07, 6.45) is 10.8. The van der Waals surface area contributed by atoms with Gasteiger partial charge in [-0.3, -0.25) is 0 Å². The number of ether oxygens (including phenoxy) is 1. The Bertz CT molecular complexity index is 235. The average Bonchev–Trinajstić information content (AvgIpc) is 2.42. The van der Waals surface area contributed by atoms with E-state index >= 15 is 0 Å². The third kappa shape index (κ3) is 12.0. The highest BCUT2D eigenvalue weighted by Gasteiger charge is 2.00. The Balaban J connectivity index is 3.47. The molecule has 0 atom stereocenters. The summed E-state index contributed by atoms with van der Waals surface area (Å²) >= 11 is 0. The zero-order chi connectivity index (χ0) is 14.3. The molecule has 0 heterocycles. The molecule has 0 rings (SSSR count). The molecule has 112 valence electrons. The van der Waals surface area contributed by atoms with Crippen molar-refractivity contribution in [1.82, 2.24) is 4.90 Å². The lowest BCUT2D eigenvalue weighted by molar-refractivity contribution is -0.138. The van der Waals surface area contributed by atoms with Crippen LogP contribution in [0.2, 0.25) is 0 Å². The van der Waals surface area contributed by atoms with Crippen LogP contribution in [-0.4, -0.2) is 37.1 Å². The van der Waals surface area contributed by atoms with Crippen LogP contribution >= 0.6 is 0 Å². The monoisotopic (exact) mass is 269 g/mol. The van der Waals surface area contributed by atoms with Crippen molar-refractivity contribution >= 4 is 5.97 Å². The van der Waals surface area contributed by atoms with E-state index in [4.69, 9.17) is 4.74 Å². The molecule has 0 bridgehead atoms. The van der Waals surface area contributed by atoms with Crippen molar-refractivity contribution in [2.24, 2.45) is 0 Å². The summed E-state index contributed by atoms with van der Waals surface area (Å²) in [5, 5.41) is 0. The molecule has 3 nitrogen and oxygen atoms in total. The fourth-order valence-corrected chi connectivity index (χ4v) is 1.91. The van der Waals surface area contributed by atoms with Gasteiger partial charge in [0.2, 0.25) is 0 Å². The minimum absolute atomic E-state index is 0.208. The van der Waals surface area contributed by atoms with E-state index in [9.17, 15) is 4.79 Å². The van der Waals surface area contributed by atoms with Crippen LogP contribution in [0.5, 0.6) is 0 Å². The van der Waals surface area contributed by atoms with Gasteiger partial charge in [-0.15, -0.1) is 0 Å². The first-order valence-electron chi connectivity index (χ1n) is 7.80. The fourth-order valence-electron chi connectivity index (χ4n) is 1.91. The Morgan fingerprint density at radius 3 is 2.37 bits per heavy atom. The second-order valence-electron chi connectivity index (χ2n) is 4.80. The van der Waals surface area contributed by atoms with Crippen LogP contribution in [-0.2, 0) is 9.53 Å². The van der Waals surface area contributed by atoms with Crippen LogP contribution in [0.15, 0.2) is 12.2 Å². The Morgan fingerprint density at radius 1 is 1.05 bits per heavy atom. The van der Waals surface area contributed by atoms with Crippen LogP contribution in [0.1, 0.15) is 59.3 Å². The lowest BCUT2D eigenvalue weighted by atomic mass is 10.1. The van der Waals surface area contributed by atoms with Gasteiger partial charge in [0.1, 0.15) is 6.61 Å². The van der Waals surface area contributed by atoms with Crippen molar-refractivity contribution in [2.45, 2.75) is 59.3 Å². The first-order chi connectivity index (χ1) is 9.24. The Labute approximate surface area is 119 Å². The van der Waals surface area contributed by atoms with Crippen molar-refractivity contribution in [3.63, 3.8) is 0 Å². The highest BCUT2D eigenvalue weighted by Crippen LogP contribution is 2.05. The molecule has 0 aromatic rings. The maximum absolute atomic E-state index is 11.4. The Kier molecular flexibility index (Phi) is 13.0. The number of hydrogen-bond acceptors (Lipinski definition) is 3. The summed E-state index contributed by atoms with van der Waals surface area (Å²) < 4.78 is 5.15. The van der Waals surface area contributed by atoms with Crippen molar-refractivity contribution in [2.75, 3.05) is 26.2 Å². The van der Waals surface area contributed by atoms with Gasteiger partial charge in [-0.1, -0.05) is 52.5 Å². The van der Waals surface area contributed by atoms with E-state index in [-0.39, 0.29) is 5.97 Å². The van der Waals surface area contributed by atoms with Crippen LogP contribution in [0.25, 0.3) is 0 Å². The molecule has 0 spiro atoms. The van der Waals surface area contributed by atoms with Crippen molar-refractivity contribution < 1.29 is 9.53 Å². The van der Waals surface area contributed by atoms with Crippen molar-refractivity contribution in [3.8, 4) is 0 Å². The quantitative estimate of drug-likeness (QED) is 0.307. The van der Waals surface area contributed by atoms with Crippen LogP contribution in [0.3, 0.4) is 0 Å². The summed E-state index contributed by atoms with van der Waals surface area (Å²) in [5.74, 6) is -0.208. The number of nitrogens with zero attached hydrogens (tertiary/aromatic N) is 1. The lowest BCUT2D eigenvalue weighted by Crippen LogP contribution is -2.27.